The predicted octanol–water partition coefficient (Wildman–Crippen LogP) is 2.79. The maximum atomic E-state index is 10.2. The van der Waals surface area contributed by atoms with Crippen LogP contribution in [0.5, 0.6) is 0 Å². The molecule has 3 heteroatoms. The largest absolute Gasteiger partial charge is 0.432 e. The summed E-state index contributed by atoms with van der Waals surface area (Å²) in [7, 11) is -2.11. The Morgan fingerprint density at radius 1 is 1.20 bits per heavy atom. The van der Waals surface area contributed by atoms with Gasteiger partial charge in [0.15, 0.2) is 8.32 Å². The second-order valence-electron chi connectivity index (χ2n) is 5.36. The van der Waals surface area contributed by atoms with Crippen LogP contribution in [0.25, 0.3) is 0 Å². The first kappa shape index (κ1) is 12.3. The maximum Gasteiger partial charge on any atom is 0.188 e. The van der Waals surface area contributed by atoms with Crippen molar-refractivity contribution >= 4 is 14.0 Å². The number of anilines is 1. The maximum absolute atomic E-state index is 10.2. The number of nitrogen functional groups attached to an aromatic ring is 1. The molecule has 0 radical (unpaired) electrons. The summed E-state index contributed by atoms with van der Waals surface area (Å²) in [6.07, 6.45) is 0.906. The Morgan fingerprint density at radius 3 is 2.07 bits per heavy atom. The molecule has 0 spiro atoms. The third-order valence-electron chi connectivity index (χ3n) is 3.28. The number of hydrogen-bond donors (Lipinski definition) is 2. The lowest BCUT2D eigenvalue weighted by atomic mass is 10.0. The SMILES string of the molecule is CC(C)(Cc1ccc(N)cc1)[Si](C)(C)O. The Hall–Kier alpha value is -0.803. The van der Waals surface area contributed by atoms with Crippen LogP contribution in [0.4, 0.5) is 5.69 Å². The molecule has 1 rings (SSSR count). The van der Waals surface area contributed by atoms with Crippen LogP contribution in [0.1, 0.15) is 19.4 Å². The second-order valence-corrected chi connectivity index (χ2v) is 9.83. The van der Waals surface area contributed by atoms with Gasteiger partial charge in [0.1, 0.15) is 0 Å². The minimum atomic E-state index is -2.11. The van der Waals surface area contributed by atoms with E-state index in [1.807, 2.05) is 37.4 Å². The fourth-order valence-electron chi connectivity index (χ4n) is 1.36. The zero-order valence-corrected chi connectivity index (χ0v) is 11.0. The Labute approximate surface area is 93.3 Å². The van der Waals surface area contributed by atoms with Crippen molar-refractivity contribution in [1.82, 2.24) is 0 Å². The molecular weight excluding hydrogens is 202 g/mol. The van der Waals surface area contributed by atoms with Crippen LogP contribution in [0.3, 0.4) is 0 Å². The van der Waals surface area contributed by atoms with E-state index < -0.39 is 8.32 Å². The summed E-state index contributed by atoms with van der Waals surface area (Å²) in [6, 6.07) is 7.91. The summed E-state index contributed by atoms with van der Waals surface area (Å²) in [5.74, 6) is 0. The van der Waals surface area contributed by atoms with Crippen LogP contribution < -0.4 is 5.73 Å². The average molecular weight is 223 g/mol. The molecule has 0 saturated heterocycles. The van der Waals surface area contributed by atoms with Crippen LogP contribution >= 0.6 is 0 Å². The summed E-state index contributed by atoms with van der Waals surface area (Å²) < 4.78 is 0. The van der Waals surface area contributed by atoms with Crippen LogP contribution in [-0.4, -0.2) is 13.1 Å². The monoisotopic (exact) mass is 223 g/mol. The normalized spacial score (nSPS) is 12.9. The van der Waals surface area contributed by atoms with Gasteiger partial charge in [0.05, 0.1) is 0 Å². The molecule has 0 saturated carbocycles. The van der Waals surface area contributed by atoms with E-state index in [-0.39, 0.29) is 5.04 Å². The molecule has 1 aromatic rings. The van der Waals surface area contributed by atoms with Crippen molar-refractivity contribution in [2.24, 2.45) is 0 Å². The molecular formula is C12H21NOSi. The highest BCUT2D eigenvalue weighted by atomic mass is 28.4. The molecule has 0 amide bonds. The summed E-state index contributed by atoms with van der Waals surface area (Å²) in [6.45, 7) is 8.25. The Kier molecular flexibility index (Phi) is 3.26. The smallest absolute Gasteiger partial charge is 0.188 e. The van der Waals surface area contributed by atoms with Gasteiger partial charge in [-0.25, -0.2) is 0 Å². The van der Waals surface area contributed by atoms with E-state index in [2.05, 4.69) is 13.8 Å². The Morgan fingerprint density at radius 2 is 1.67 bits per heavy atom. The molecule has 2 nitrogen and oxygen atoms in total. The Bertz CT molecular complexity index is 324. The van der Waals surface area contributed by atoms with Gasteiger partial charge in [0, 0.05) is 5.69 Å². The van der Waals surface area contributed by atoms with Crippen LogP contribution in [-0.2, 0) is 6.42 Å². The fourth-order valence-corrected chi connectivity index (χ4v) is 2.00. The minimum Gasteiger partial charge on any atom is -0.432 e. The summed E-state index contributed by atoms with van der Waals surface area (Å²) in [4.78, 5) is 10.2. The van der Waals surface area contributed by atoms with E-state index in [1.54, 1.807) is 0 Å². The summed E-state index contributed by atoms with van der Waals surface area (Å²) in [5.41, 5.74) is 7.66. The molecule has 1 aromatic carbocycles. The molecule has 0 aromatic heterocycles. The van der Waals surface area contributed by atoms with Crippen molar-refractivity contribution < 1.29 is 4.80 Å². The highest BCUT2D eigenvalue weighted by molar-refractivity contribution is 6.72. The van der Waals surface area contributed by atoms with Gasteiger partial charge in [0.2, 0.25) is 0 Å². The van der Waals surface area contributed by atoms with Gasteiger partial charge in [0.25, 0.3) is 0 Å². The van der Waals surface area contributed by atoms with E-state index in [1.165, 1.54) is 5.56 Å². The molecule has 0 aliphatic heterocycles. The van der Waals surface area contributed by atoms with Gasteiger partial charge in [-0.2, -0.15) is 0 Å². The van der Waals surface area contributed by atoms with Crippen LogP contribution in [0, 0.1) is 0 Å². The third kappa shape index (κ3) is 3.07. The molecule has 0 aliphatic carbocycles. The molecule has 0 atom stereocenters. The molecule has 84 valence electrons. The predicted molar refractivity (Wildman–Crippen MR) is 68.3 cm³/mol. The van der Waals surface area contributed by atoms with Gasteiger partial charge >= 0.3 is 0 Å². The molecule has 0 fully saturated rings. The number of hydrogen-bond acceptors (Lipinski definition) is 2. The lowest BCUT2D eigenvalue weighted by molar-refractivity contribution is 0.467. The van der Waals surface area contributed by atoms with Gasteiger partial charge in [-0.1, -0.05) is 26.0 Å². The van der Waals surface area contributed by atoms with Crippen LogP contribution in [0.15, 0.2) is 24.3 Å². The van der Waals surface area contributed by atoms with E-state index in [4.69, 9.17) is 5.73 Å². The first-order valence-corrected chi connectivity index (χ1v) is 8.24. The molecule has 3 N–H and O–H groups in total. The van der Waals surface area contributed by atoms with E-state index in [9.17, 15) is 4.80 Å². The van der Waals surface area contributed by atoms with Gasteiger partial charge < -0.3 is 10.5 Å². The van der Waals surface area contributed by atoms with Crippen molar-refractivity contribution in [3.63, 3.8) is 0 Å². The van der Waals surface area contributed by atoms with E-state index in [0.29, 0.717) is 0 Å². The molecule has 0 bridgehead atoms. The lowest BCUT2D eigenvalue weighted by Crippen LogP contribution is -2.40. The number of benzene rings is 1. The first-order valence-electron chi connectivity index (χ1n) is 5.29. The minimum absolute atomic E-state index is 0.0108. The fraction of sp³-hybridized carbons (Fsp3) is 0.500. The molecule has 0 unspecified atom stereocenters. The average Bonchev–Trinajstić information content (AvgIpc) is 2.06. The summed E-state index contributed by atoms with van der Waals surface area (Å²) in [5, 5.41) is -0.0108. The van der Waals surface area contributed by atoms with Crippen LogP contribution in [0.2, 0.25) is 18.1 Å². The highest BCUT2D eigenvalue weighted by Crippen LogP contribution is 2.38. The highest BCUT2D eigenvalue weighted by Gasteiger charge is 2.37. The topological polar surface area (TPSA) is 46.2 Å². The Balaban J connectivity index is 2.82. The molecule has 0 heterocycles. The van der Waals surface area contributed by atoms with Crippen molar-refractivity contribution in [3.05, 3.63) is 29.8 Å². The van der Waals surface area contributed by atoms with Crippen molar-refractivity contribution in [2.75, 3.05) is 5.73 Å². The van der Waals surface area contributed by atoms with Gasteiger partial charge in [-0.05, 0) is 42.2 Å². The van der Waals surface area contributed by atoms with Crippen molar-refractivity contribution in [2.45, 2.75) is 38.4 Å². The zero-order chi connectivity index (χ0) is 11.7. The summed E-state index contributed by atoms with van der Waals surface area (Å²) >= 11 is 0. The quantitative estimate of drug-likeness (QED) is 0.611. The first-order chi connectivity index (χ1) is 6.72. The van der Waals surface area contributed by atoms with Gasteiger partial charge in [-0.15, -0.1) is 0 Å². The number of nitrogens with two attached hydrogens (primary N) is 1. The van der Waals surface area contributed by atoms with Crippen molar-refractivity contribution in [3.8, 4) is 0 Å². The standard InChI is InChI=1S/C12H21NOSi/c1-12(2,15(3,4)14)9-10-5-7-11(13)8-6-10/h5-8,14H,9,13H2,1-4H3. The zero-order valence-electron chi connectivity index (χ0n) is 10.0. The second kappa shape index (κ2) is 3.98. The molecule has 15 heavy (non-hydrogen) atoms. The lowest BCUT2D eigenvalue weighted by Gasteiger charge is -2.35. The number of rotatable bonds is 3. The van der Waals surface area contributed by atoms with Gasteiger partial charge in [-0.3, -0.25) is 0 Å². The van der Waals surface area contributed by atoms with E-state index >= 15 is 0 Å². The third-order valence-corrected chi connectivity index (χ3v) is 6.77. The molecule has 0 aliphatic rings. The van der Waals surface area contributed by atoms with Crippen molar-refractivity contribution in [1.29, 1.82) is 0 Å². The van der Waals surface area contributed by atoms with E-state index in [0.717, 1.165) is 12.1 Å².